The molecule has 0 aliphatic carbocycles. The third kappa shape index (κ3) is 1.52. The Hall–Kier alpha value is -0.470. The maximum absolute atomic E-state index is 5.62. The Morgan fingerprint density at radius 2 is 2.20 bits per heavy atom. The zero-order valence-electron chi connectivity index (χ0n) is 4.97. The molecule has 0 saturated heterocycles. The fourth-order valence-electron chi connectivity index (χ4n) is 0.508. The molecule has 1 heterocycles. The predicted octanol–water partition coefficient (Wildman–Crippen LogP) is 2.56. The molecule has 2 nitrogen and oxygen atoms in total. The Labute approximate surface area is 68.7 Å². The summed E-state index contributed by atoms with van der Waals surface area (Å²) in [7, 11) is 3.16. The van der Waals surface area contributed by atoms with Crippen LogP contribution in [0, 0.1) is 7.11 Å². The van der Waals surface area contributed by atoms with Crippen LogP contribution in [0.1, 0.15) is 0 Å². The van der Waals surface area contributed by atoms with Crippen LogP contribution >= 0.6 is 23.2 Å². The first kappa shape index (κ1) is 7.63. The molecule has 0 fully saturated rings. The lowest BCUT2D eigenvalue weighted by molar-refractivity contribution is 0.453. The van der Waals surface area contributed by atoms with Gasteiger partial charge in [-0.15, -0.1) is 0 Å². The zero-order chi connectivity index (χ0) is 7.56. The number of pyridine rings is 1. The quantitative estimate of drug-likeness (QED) is 0.657. The van der Waals surface area contributed by atoms with E-state index in [2.05, 4.69) is 16.8 Å². The van der Waals surface area contributed by atoms with Crippen LogP contribution in [0.25, 0.3) is 0 Å². The standard InChI is InChI=1S/C6H4Cl2NO/c1-10-6-5(8)2-4(7)3-9-6/h2-3H,1H2. The van der Waals surface area contributed by atoms with Gasteiger partial charge in [0, 0.05) is 6.20 Å². The van der Waals surface area contributed by atoms with E-state index in [1.54, 1.807) is 0 Å². The van der Waals surface area contributed by atoms with E-state index in [9.17, 15) is 0 Å². The molecule has 0 N–H and O–H groups in total. The van der Waals surface area contributed by atoms with E-state index in [0.29, 0.717) is 10.0 Å². The van der Waals surface area contributed by atoms with Gasteiger partial charge in [0.2, 0.25) is 5.88 Å². The van der Waals surface area contributed by atoms with Gasteiger partial charge in [-0.3, -0.25) is 0 Å². The molecule has 0 spiro atoms. The van der Waals surface area contributed by atoms with Crippen molar-refractivity contribution >= 4 is 23.2 Å². The molecule has 1 radical (unpaired) electrons. The molecule has 1 rings (SSSR count). The molecule has 0 saturated carbocycles. The summed E-state index contributed by atoms with van der Waals surface area (Å²) in [6.07, 6.45) is 1.44. The van der Waals surface area contributed by atoms with Crippen molar-refractivity contribution in [3.63, 3.8) is 0 Å². The maximum atomic E-state index is 5.62. The van der Waals surface area contributed by atoms with Gasteiger partial charge in [-0.05, 0) is 6.07 Å². The van der Waals surface area contributed by atoms with Crippen LogP contribution in [-0.2, 0) is 0 Å². The van der Waals surface area contributed by atoms with Crippen molar-refractivity contribution in [1.29, 1.82) is 0 Å². The van der Waals surface area contributed by atoms with E-state index >= 15 is 0 Å². The summed E-state index contributed by atoms with van der Waals surface area (Å²) >= 11 is 11.2. The van der Waals surface area contributed by atoms with Crippen LogP contribution in [0.15, 0.2) is 12.3 Å². The van der Waals surface area contributed by atoms with E-state index in [-0.39, 0.29) is 5.88 Å². The molecular weight excluding hydrogens is 173 g/mol. The lowest BCUT2D eigenvalue weighted by Crippen LogP contribution is -1.84. The molecule has 1 aromatic rings. The number of hydrogen-bond donors (Lipinski definition) is 0. The minimum atomic E-state index is 0.283. The molecule has 0 aromatic carbocycles. The van der Waals surface area contributed by atoms with E-state index in [1.807, 2.05) is 0 Å². The molecule has 0 atom stereocenters. The molecule has 10 heavy (non-hydrogen) atoms. The van der Waals surface area contributed by atoms with Crippen LogP contribution in [0.3, 0.4) is 0 Å². The van der Waals surface area contributed by atoms with Crippen molar-refractivity contribution < 1.29 is 4.74 Å². The Bertz CT molecular complexity index is 239. The molecule has 1 aromatic heterocycles. The van der Waals surface area contributed by atoms with Gasteiger partial charge < -0.3 is 4.74 Å². The van der Waals surface area contributed by atoms with E-state index < -0.39 is 0 Å². The van der Waals surface area contributed by atoms with Gasteiger partial charge in [0.25, 0.3) is 0 Å². The smallest absolute Gasteiger partial charge is 0.232 e. The van der Waals surface area contributed by atoms with Crippen molar-refractivity contribution in [2.75, 3.05) is 0 Å². The van der Waals surface area contributed by atoms with Crippen LogP contribution in [0.4, 0.5) is 0 Å². The fourth-order valence-corrected chi connectivity index (χ4v) is 0.943. The van der Waals surface area contributed by atoms with Gasteiger partial charge in [0.15, 0.2) is 0 Å². The summed E-state index contributed by atoms with van der Waals surface area (Å²) in [5, 5.41) is 0.841. The second-order valence-corrected chi connectivity index (χ2v) is 2.43. The summed E-state index contributed by atoms with van der Waals surface area (Å²) < 4.78 is 4.55. The summed E-state index contributed by atoms with van der Waals surface area (Å²) in [5.74, 6) is 0.283. The van der Waals surface area contributed by atoms with Gasteiger partial charge in [-0.25, -0.2) is 4.98 Å². The van der Waals surface area contributed by atoms with E-state index in [1.165, 1.54) is 12.3 Å². The molecular formula is C6H4Cl2NO. The summed E-state index contributed by atoms with van der Waals surface area (Å²) in [4.78, 5) is 3.75. The first-order chi connectivity index (χ1) is 4.74. The summed E-state index contributed by atoms with van der Waals surface area (Å²) in [6, 6.07) is 1.54. The lowest BCUT2D eigenvalue weighted by atomic mass is 10.5. The van der Waals surface area contributed by atoms with Crippen molar-refractivity contribution in [3.8, 4) is 5.88 Å². The van der Waals surface area contributed by atoms with Gasteiger partial charge >= 0.3 is 0 Å². The highest BCUT2D eigenvalue weighted by Gasteiger charge is 2.00. The Balaban J connectivity index is 3.07. The largest absolute Gasteiger partial charge is 0.473 e. The highest BCUT2D eigenvalue weighted by atomic mass is 35.5. The molecule has 0 aliphatic rings. The lowest BCUT2D eigenvalue weighted by Gasteiger charge is -1.98. The highest BCUT2D eigenvalue weighted by molar-refractivity contribution is 6.35. The van der Waals surface area contributed by atoms with Crippen LogP contribution in [0.2, 0.25) is 10.0 Å². The van der Waals surface area contributed by atoms with Crippen molar-refractivity contribution in [3.05, 3.63) is 29.4 Å². The van der Waals surface area contributed by atoms with Crippen LogP contribution < -0.4 is 4.74 Å². The fraction of sp³-hybridized carbons (Fsp3) is 0. The third-order valence-electron chi connectivity index (χ3n) is 0.911. The zero-order valence-corrected chi connectivity index (χ0v) is 6.49. The van der Waals surface area contributed by atoms with Gasteiger partial charge in [-0.1, -0.05) is 23.2 Å². The first-order valence-electron chi connectivity index (χ1n) is 2.47. The van der Waals surface area contributed by atoms with E-state index in [4.69, 9.17) is 23.2 Å². The molecule has 0 aliphatic heterocycles. The molecule has 0 unspecified atom stereocenters. The van der Waals surface area contributed by atoms with Gasteiger partial charge in [-0.2, -0.15) is 0 Å². The minimum absolute atomic E-state index is 0.283. The molecule has 0 bridgehead atoms. The molecule has 53 valence electrons. The second-order valence-electron chi connectivity index (χ2n) is 1.58. The van der Waals surface area contributed by atoms with Crippen LogP contribution in [0.5, 0.6) is 5.88 Å². The average molecular weight is 177 g/mol. The van der Waals surface area contributed by atoms with Crippen LogP contribution in [-0.4, -0.2) is 4.98 Å². The SMILES string of the molecule is [CH2]Oc1ncc(Cl)cc1Cl. The number of ether oxygens (including phenoxy) is 1. The van der Waals surface area contributed by atoms with Crippen molar-refractivity contribution in [2.45, 2.75) is 0 Å². The Morgan fingerprint density at radius 3 is 2.70 bits per heavy atom. The third-order valence-corrected chi connectivity index (χ3v) is 1.39. The van der Waals surface area contributed by atoms with Gasteiger partial charge in [0.05, 0.1) is 5.02 Å². The number of nitrogens with zero attached hydrogens (tertiary/aromatic N) is 1. The number of halogens is 2. The van der Waals surface area contributed by atoms with Gasteiger partial charge in [0.1, 0.15) is 12.1 Å². The average Bonchev–Trinajstić information content (AvgIpc) is 1.88. The highest BCUT2D eigenvalue weighted by Crippen LogP contribution is 2.23. The summed E-state index contributed by atoms with van der Waals surface area (Å²) in [5.41, 5.74) is 0. The van der Waals surface area contributed by atoms with Crippen molar-refractivity contribution in [2.24, 2.45) is 0 Å². The second kappa shape index (κ2) is 3.08. The maximum Gasteiger partial charge on any atom is 0.232 e. The monoisotopic (exact) mass is 176 g/mol. The van der Waals surface area contributed by atoms with Crippen molar-refractivity contribution in [1.82, 2.24) is 4.98 Å². The first-order valence-corrected chi connectivity index (χ1v) is 3.22. The van der Waals surface area contributed by atoms with E-state index in [0.717, 1.165) is 0 Å². The number of aromatic nitrogens is 1. The normalized spacial score (nSPS) is 9.50. The predicted molar refractivity (Wildman–Crippen MR) is 40.2 cm³/mol. The minimum Gasteiger partial charge on any atom is -0.473 e. The topological polar surface area (TPSA) is 22.1 Å². The molecule has 0 amide bonds. The summed E-state index contributed by atoms with van der Waals surface area (Å²) in [6.45, 7) is 0. The Morgan fingerprint density at radius 1 is 1.50 bits per heavy atom. The Kier molecular flexibility index (Phi) is 2.35. The molecule has 4 heteroatoms. The number of rotatable bonds is 1. The number of hydrogen-bond acceptors (Lipinski definition) is 2.